The molecule has 3 aliphatic rings. The van der Waals surface area contributed by atoms with E-state index in [2.05, 4.69) is 10.3 Å². The molecule has 26 heavy (non-hydrogen) atoms. The fourth-order valence-corrected chi connectivity index (χ4v) is 3.74. The van der Waals surface area contributed by atoms with Crippen LogP contribution in [0.25, 0.3) is 0 Å². The number of ether oxygens (including phenoxy) is 2. The van der Waals surface area contributed by atoms with Gasteiger partial charge in [-0.15, -0.1) is 0 Å². The van der Waals surface area contributed by atoms with Gasteiger partial charge in [-0.25, -0.2) is 9.78 Å². The van der Waals surface area contributed by atoms with Gasteiger partial charge < -0.3 is 19.7 Å². The number of aromatic nitrogens is 1. The Kier molecular flexibility index (Phi) is 5.06. The highest BCUT2D eigenvalue weighted by Gasteiger charge is 2.36. The summed E-state index contributed by atoms with van der Waals surface area (Å²) in [7, 11) is 0. The molecule has 7 nitrogen and oxygen atoms in total. The monoisotopic (exact) mass is 359 g/mol. The van der Waals surface area contributed by atoms with Crippen molar-refractivity contribution in [2.45, 2.75) is 56.7 Å². The lowest BCUT2D eigenvalue weighted by Crippen LogP contribution is -2.55. The SMILES string of the molecule is O=C(OCC(=O)N1CCOC2CCCCC21)c1ccc(NC2CC2)nc1. The highest BCUT2D eigenvalue weighted by atomic mass is 16.5. The number of carbonyl (C=O) groups is 2. The van der Waals surface area contributed by atoms with Crippen LogP contribution in [0.1, 0.15) is 48.9 Å². The molecule has 1 saturated heterocycles. The van der Waals surface area contributed by atoms with Gasteiger partial charge in [0, 0.05) is 18.8 Å². The maximum absolute atomic E-state index is 12.5. The van der Waals surface area contributed by atoms with Crippen LogP contribution in [-0.4, -0.2) is 59.7 Å². The molecule has 3 fully saturated rings. The van der Waals surface area contributed by atoms with Gasteiger partial charge in [0.25, 0.3) is 5.91 Å². The van der Waals surface area contributed by atoms with Crippen LogP contribution in [0.15, 0.2) is 18.3 Å². The van der Waals surface area contributed by atoms with Gasteiger partial charge in [0.2, 0.25) is 0 Å². The van der Waals surface area contributed by atoms with Crippen molar-refractivity contribution < 1.29 is 19.1 Å². The Morgan fingerprint density at radius 3 is 2.85 bits per heavy atom. The lowest BCUT2D eigenvalue weighted by atomic mass is 9.90. The summed E-state index contributed by atoms with van der Waals surface area (Å²) in [5.74, 6) is 0.104. The minimum atomic E-state index is -0.516. The molecule has 2 heterocycles. The Hall–Kier alpha value is -2.15. The second kappa shape index (κ2) is 7.61. The minimum absolute atomic E-state index is 0.123. The van der Waals surface area contributed by atoms with E-state index in [9.17, 15) is 9.59 Å². The Labute approximate surface area is 153 Å². The molecular formula is C19H25N3O4. The van der Waals surface area contributed by atoms with Gasteiger partial charge in [-0.1, -0.05) is 12.8 Å². The van der Waals surface area contributed by atoms with Crippen LogP contribution in [0.3, 0.4) is 0 Å². The summed E-state index contributed by atoms with van der Waals surface area (Å²) in [6.45, 7) is 0.894. The van der Waals surface area contributed by atoms with Gasteiger partial charge in [-0.2, -0.15) is 0 Å². The number of hydrogen-bond donors (Lipinski definition) is 1. The van der Waals surface area contributed by atoms with E-state index in [4.69, 9.17) is 9.47 Å². The van der Waals surface area contributed by atoms with Crippen molar-refractivity contribution in [1.82, 2.24) is 9.88 Å². The minimum Gasteiger partial charge on any atom is -0.452 e. The number of nitrogens with one attached hydrogen (secondary N) is 1. The van der Waals surface area contributed by atoms with Crippen LogP contribution in [0, 0.1) is 0 Å². The average Bonchev–Trinajstić information content (AvgIpc) is 3.50. The summed E-state index contributed by atoms with van der Waals surface area (Å²) in [6.07, 6.45) is 8.17. The van der Waals surface area contributed by atoms with Crippen LogP contribution in [0.5, 0.6) is 0 Å². The number of hydrogen-bond acceptors (Lipinski definition) is 6. The number of rotatable bonds is 5. The van der Waals surface area contributed by atoms with Gasteiger partial charge >= 0.3 is 5.97 Å². The topological polar surface area (TPSA) is 80.8 Å². The summed E-state index contributed by atoms with van der Waals surface area (Å²) >= 11 is 0. The van der Waals surface area contributed by atoms with Crippen molar-refractivity contribution in [3.05, 3.63) is 23.9 Å². The number of esters is 1. The van der Waals surface area contributed by atoms with Crippen LogP contribution < -0.4 is 5.32 Å². The van der Waals surface area contributed by atoms with E-state index in [1.54, 1.807) is 12.1 Å². The van der Waals surface area contributed by atoms with E-state index >= 15 is 0 Å². The average molecular weight is 359 g/mol. The second-order valence-corrected chi connectivity index (χ2v) is 7.28. The first-order valence-corrected chi connectivity index (χ1v) is 9.51. The number of carbonyl (C=O) groups excluding carboxylic acids is 2. The summed E-state index contributed by atoms with van der Waals surface area (Å²) < 4.78 is 11.0. The fourth-order valence-electron chi connectivity index (χ4n) is 3.74. The molecule has 4 rings (SSSR count). The highest BCUT2D eigenvalue weighted by molar-refractivity contribution is 5.91. The first-order valence-electron chi connectivity index (χ1n) is 9.51. The molecule has 1 N–H and O–H groups in total. The van der Waals surface area contributed by atoms with Gasteiger partial charge in [0.05, 0.1) is 24.3 Å². The number of anilines is 1. The van der Waals surface area contributed by atoms with Crippen LogP contribution in [0.2, 0.25) is 0 Å². The third-order valence-corrected chi connectivity index (χ3v) is 5.31. The third kappa shape index (κ3) is 3.98. The number of fused-ring (bicyclic) bond motifs is 1. The zero-order valence-corrected chi connectivity index (χ0v) is 14.9. The van der Waals surface area contributed by atoms with E-state index in [0.29, 0.717) is 24.8 Å². The third-order valence-electron chi connectivity index (χ3n) is 5.31. The number of amides is 1. The normalized spacial score (nSPS) is 25.3. The molecule has 1 amide bonds. The zero-order chi connectivity index (χ0) is 17.9. The van der Waals surface area contributed by atoms with E-state index < -0.39 is 5.97 Å². The molecule has 140 valence electrons. The van der Waals surface area contributed by atoms with Crippen molar-refractivity contribution in [2.75, 3.05) is 25.1 Å². The lowest BCUT2D eigenvalue weighted by molar-refractivity contribution is -0.152. The molecule has 1 aromatic rings. The Morgan fingerprint density at radius 2 is 2.08 bits per heavy atom. The molecule has 1 aliphatic heterocycles. The van der Waals surface area contributed by atoms with Crippen LogP contribution in [0.4, 0.5) is 5.82 Å². The molecule has 2 saturated carbocycles. The molecule has 0 bridgehead atoms. The summed E-state index contributed by atoms with van der Waals surface area (Å²) in [5.41, 5.74) is 0.358. The molecule has 2 unspecified atom stereocenters. The largest absolute Gasteiger partial charge is 0.452 e. The fraction of sp³-hybridized carbons (Fsp3) is 0.632. The molecule has 0 spiro atoms. The van der Waals surface area contributed by atoms with Crippen molar-refractivity contribution >= 4 is 17.7 Å². The Morgan fingerprint density at radius 1 is 1.23 bits per heavy atom. The van der Waals surface area contributed by atoms with E-state index in [-0.39, 0.29) is 24.7 Å². The summed E-state index contributed by atoms with van der Waals surface area (Å²) in [6, 6.07) is 4.08. The van der Waals surface area contributed by atoms with Gasteiger partial charge in [-0.05, 0) is 37.8 Å². The number of nitrogens with zero attached hydrogens (tertiary/aromatic N) is 2. The van der Waals surface area contributed by atoms with Gasteiger partial charge in [-0.3, -0.25) is 4.79 Å². The molecule has 2 atom stereocenters. The Balaban J connectivity index is 1.29. The maximum Gasteiger partial charge on any atom is 0.340 e. The van der Waals surface area contributed by atoms with Crippen LogP contribution in [-0.2, 0) is 14.3 Å². The molecule has 0 aromatic carbocycles. The van der Waals surface area contributed by atoms with E-state index in [1.165, 1.54) is 6.20 Å². The number of pyridine rings is 1. The molecular weight excluding hydrogens is 334 g/mol. The van der Waals surface area contributed by atoms with Gasteiger partial charge in [0.15, 0.2) is 6.61 Å². The quantitative estimate of drug-likeness (QED) is 0.810. The predicted molar refractivity (Wildman–Crippen MR) is 94.9 cm³/mol. The predicted octanol–water partition coefficient (Wildman–Crippen LogP) is 1.98. The number of morpholine rings is 1. The van der Waals surface area contributed by atoms with Crippen molar-refractivity contribution in [3.63, 3.8) is 0 Å². The molecule has 1 aromatic heterocycles. The second-order valence-electron chi connectivity index (χ2n) is 7.28. The highest BCUT2D eigenvalue weighted by Crippen LogP contribution is 2.28. The standard InChI is InChI=1S/C19H25N3O4/c23-18(22-9-10-25-16-4-2-1-3-15(16)22)12-26-19(24)13-5-8-17(20-11-13)21-14-6-7-14/h5,8,11,14-16H,1-4,6-7,9-10,12H2,(H,20,21). The van der Waals surface area contributed by atoms with Crippen molar-refractivity contribution in [3.8, 4) is 0 Å². The smallest absolute Gasteiger partial charge is 0.340 e. The van der Waals surface area contributed by atoms with E-state index in [0.717, 1.165) is 44.3 Å². The molecule has 0 radical (unpaired) electrons. The summed E-state index contributed by atoms with van der Waals surface area (Å²) in [5, 5.41) is 3.27. The first-order chi connectivity index (χ1) is 12.7. The molecule has 7 heteroatoms. The molecule has 2 aliphatic carbocycles. The summed E-state index contributed by atoms with van der Waals surface area (Å²) in [4.78, 5) is 30.8. The van der Waals surface area contributed by atoms with E-state index in [1.807, 2.05) is 4.90 Å². The maximum atomic E-state index is 12.5. The van der Waals surface area contributed by atoms with Crippen molar-refractivity contribution in [2.24, 2.45) is 0 Å². The first kappa shape index (κ1) is 17.3. The van der Waals surface area contributed by atoms with Gasteiger partial charge in [0.1, 0.15) is 5.82 Å². The van der Waals surface area contributed by atoms with Crippen LogP contribution >= 0.6 is 0 Å². The van der Waals surface area contributed by atoms with Crippen molar-refractivity contribution in [1.29, 1.82) is 0 Å². The zero-order valence-electron chi connectivity index (χ0n) is 14.9. The lowest BCUT2D eigenvalue weighted by Gasteiger charge is -2.43. The Bertz CT molecular complexity index is 657.